The number of carbonyl (C=O) groups excluding carboxylic acids is 1. The van der Waals surface area contributed by atoms with Gasteiger partial charge in [-0.3, -0.25) is 4.79 Å². The molecule has 0 radical (unpaired) electrons. The summed E-state index contributed by atoms with van der Waals surface area (Å²) < 4.78 is 57.3. The number of hydrogen-bond acceptors (Lipinski definition) is 5. The normalized spacial score (nSPS) is 15.9. The Labute approximate surface area is 213 Å². The third-order valence-corrected chi connectivity index (χ3v) is 7.19. The molecule has 0 aliphatic carbocycles. The Balaban J connectivity index is 1.63. The van der Waals surface area contributed by atoms with Crippen LogP contribution in [0.1, 0.15) is 68.0 Å². The fraction of sp³-hybridized carbons (Fsp3) is 0.481. The summed E-state index contributed by atoms with van der Waals surface area (Å²) in [4.78, 5) is 26.5. The van der Waals surface area contributed by atoms with E-state index in [9.17, 15) is 18.0 Å². The van der Waals surface area contributed by atoms with Gasteiger partial charge in [0.15, 0.2) is 12.3 Å². The summed E-state index contributed by atoms with van der Waals surface area (Å²) >= 11 is 0. The summed E-state index contributed by atoms with van der Waals surface area (Å²) in [6.45, 7) is 6.23. The molecule has 3 heterocycles. The van der Waals surface area contributed by atoms with Crippen molar-refractivity contribution in [3.8, 4) is 0 Å². The lowest BCUT2D eigenvalue weighted by molar-refractivity contribution is -0.133. The Kier molecular flexibility index (Phi) is 7.66. The molecule has 1 saturated heterocycles. The Morgan fingerprint density at radius 1 is 1.19 bits per heavy atom. The number of fused-ring (bicyclic) bond motifs is 1. The van der Waals surface area contributed by atoms with Gasteiger partial charge in [0.2, 0.25) is 0 Å². The van der Waals surface area contributed by atoms with Gasteiger partial charge in [-0.25, -0.2) is 32.5 Å². The maximum Gasteiger partial charge on any atom is 0.278 e. The second-order valence-electron chi connectivity index (χ2n) is 9.90. The van der Waals surface area contributed by atoms with Gasteiger partial charge < -0.3 is 10.2 Å². The van der Waals surface area contributed by atoms with Crippen molar-refractivity contribution in [3.63, 3.8) is 0 Å². The largest absolute Gasteiger partial charge is 0.363 e. The van der Waals surface area contributed by atoms with E-state index in [2.05, 4.69) is 20.3 Å². The van der Waals surface area contributed by atoms with Crippen LogP contribution in [-0.2, 0) is 10.7 Å². The molecule has 2 aromatic heterocycles. The van der Waals surface area contributed by atoms with E-state index in [1.165, 1.54) is 37.2 Å². The van der Waals surface area contributed by atoms with Crippen molar-refractivity contribution < 1.29 is 22.4 Å². The number of benzene rings is 1. The lowest BCUT2D eigenvalue weighted by atomic mass is 9.88. The number of hydrogen-bond donors (Lipinski definition) is 1. The predicted octanol–water partition coefficient (Wildman–Crippen LogP) is 6.07. The standard InChI is InChI=1S/C27H31F4N5O/c1-15(2)27(30,31)22-7-5-6-19(24(22)29)16(3)34-25-21-12-20(17(4)35-26(21)33-14-32-25)18-8-10-36(11-9-18)23(37)13-28/h5-7,12,14-16,18H,8-11,13H2,1-4H3,(H,32,33,34,35)/t16-/m1/s1. The summed E-state index contributed by atoms with van der Waals surface area (Å²) in [7, 11) is 0. The second-order valence-corrected chi connectivity index (χ2v) is 9.90. The van der Waals surface area contributed by atoms with Crippen LogP contribution >= 0.6 is 0 Å². The summed E-state index contributed by atoms with van der Waals surface area (Å²) in [5, 5.41) is 3.78. The number of anilines is 1. The first-order chi connectivity index (χ1) is 17.5. The van der Waals surface area contributed by atoms with E-state index in [1.54, 1.807) is 6.92 Å². The molecule has 0 spiro atoms. The molecule has 198 valence electrons. The summed E-state index contributed by atoms with van der Waals surface area (Å²) in [6, 6.07) is 5.32. The number of alkyl halides is 3. The van der Waals surface area contributed by atoms with Gasteiger partial charge in [0, 0.05) is 30.3 Å². The van der Waals surface area contributed by atoms with Gasteiger partial charge in [0.25, 0.3) is 11.8 Å². The average Bonchev–Trinajstić information content (AvgIpc) is 2.88. The molecule has 3 aromatic rings. The van der Waals surface area contributed by atoms with Crippen LogP contribution < -0.4 is 5.32 Å². The Morgan fingerprint density at radius 2 is 1.89 bits per heavy atom. The molecule has 37 heavy (non-hydrogen) atoms. The van der Waals surface area contributed by atoms with E-state index in [-0.39, 0.29) is 11.5 Å². The highest BCUT2D eigenvalue weighted by atomic mass is 19.3. The van der Waals surface area contributed by atoms with E-state index in [0.29, 0.717) is 42.8 Å². The molecule has 1 aliphatic rings. The predicted molar refractivity (Wildman–Crippen MR) is 134 cm³/mol. The molecule has 0 bridgehead atoms. The van der Waals surface area contributed by atoms with E-state index >= 15 is 4.39 Å². The van der Waals surface area contributed by atoms with Crippen LogP contribution in [0.25, 0.3) is 11.0 Å². The number of pyridine rings is 1. The van der Waals surface area contributed by atoms with Gasteiger partial charge >= 0.3 is 0 Å². The quantitative estimate of drug-likeness (QED) is 0.385. The molecule has 10 heteroatoms. The lowest BCUT2D eigenvalue weighted by Gasteiger charge is -2.32. The molecule has 4 rings (SSSR count). The molecule has 0 saturated carbocycles. The molecular formula is C27H31F4N5O. The van der Waals surface area contributed by atoms with Crippen molar-refractivity contribution in [1.82, 2.24) is 19.9 Å². The minimum Gasteiger partial charge on any atom is -0.363 e. The lowest BCUT2D eigenvalue weighted by Crippen LogP contribution is -2.38. The number of nitrogens with one attached hydrogen (secondary N) is 1. The third-order valence-electron chi connectivity index (χ3n) is 7.19. The fourth-order valence-corrected chi connectivity index (χ4v) is 4.88. The smallest absolute Gasteiger partial charge is 0.278 e. The van der Waals surface area contributed by atoms with Gasteiger partial charge in [-0.05, 0) is 44.2 Å². The number of carbonyl (C=O) groups is 1. The second kappa shape index (κ2) is 10.6. The first kappa shape index (κ1) is 26.8. The van der Waals surface area contributed by atoms with Crippen LogP contribution in [0.3, 0.4) is 0 Å². The summed E-state index contributed by atoms with van der Waals surface area (Å²) in [6.07, 6.45) is 2.70. The zero-order valence-corrected chi connectivity index (χ0v) is 21.4. The number of halogens is 4. The van der Waals surface area contributed by atoms with Gasteiger partial charge in [-0.15, -0.1) is 0 Å². The maximum absolute atomic E-state index is 15.3. The number of amides is 1. The SMILES string of the molecule is Cc1nc2ncnc(N[C@H](C)c3cccc(C(F)(F)C(C)C)c3F)c2cc1C1CCN(C(=O)CF)CC1. The zero-order valence-electron chi connectivity index (χ0n) is 21.4. The summed E-state index contributed by atoms with van der Waals surface area (Å²) in [5.74, 6) is -5.26. The Hall–Kier alpha value is -3.30. The fourth-order valence-electron chi connectivity index (χ4n) is 4.88. The molecular weight excluding hydrogens is 486 g/mol. The van der Waals surface area contributed by atoms with Crippen LogP contribution in [0.2, 0.25) is 0 Å². The first-order valence-corrected chi connectivity index (χ1v) is 12.4. The van der Waals surface area contributed by atoms with E-state index in [4.69, 9.17) is 0 Å². The highest BCUT2D eigenvalue weighted by Gasteiger charge is 2.39. The van der Waals surface area contributed by atoms with Gasteiger partial charge in [0.1, 0.15) is 18.0 Å². The first-order valence-electron chi connectivity index (χ1n) is 12.4. The number of likely N-dealkylation sites (tertiary alicyclic amines) is 1. The molecule has 1 amide bonds. The highest BCUT2D eigenvalue weighted by Crippen LogP contribution is 2.39. The van der Waals surface area contributed by atoms with E-state index < -0.39 is 41.8 Å². The molecule has 1 fully saturated rings. The number of piperidine rings is 1. The third kappa shape index (κ3) is 5.24. The van der Waals surface area contributed by atoms with Crippen LogP contribution in [0.5, 0.6) is 0 Å². The minimum atomic E-state index is -3.30. The topological polar surface area (TPSA) is 71.0 Å². The molecule has 1 aliphatic heterocycles. The van der Waals surface area contributed by atoms with Crippen molar-refractivity contribution >= 4 is 22.8 Å². The highest BCUT2D eigenvalue weighted by molar-refractivity contribution is 5.87. The van der Waals surface area contributed by atoms with Crippen molar-refractivity contribution in [2.45, 2.75) is 58.4 Å². The van der Waals surface area contributed by atoms with Crippen LogP contribution in [0.4, 0.5) is 23.4 Å². The summed E-state index contributed by atoms with van der Waals surface area (Å²) in [5.41, 5.74) is 1.72. The maximum atomic E-state index is 15.3. The van der Waals surface area contributed by atoms with E-state index in [0.717, 1.165) is 17.3 Å². The number of nitrogens with zero attached hydrogens (tertiary/aromatic N) is 4. The van der Waals surface area contributed by atoms with Gasteiger partial charge in [0.05, 0.1) is 17.0 Å². The minimum absolute atomic E-state index is 0.106. The molecule has 1 atom stereocenters. The monoisotopic (exact) mass is 517 g/mol. The van der Waals surface area contributed by atoms with Crippen molar-refractivity contribution in [2.24, 2.45) is 5.92 Å². The average molecular weight is 518 g/mol. The molecule has 1 N–H and O–H groups in total. The Morgan fingerprint density at radius 3 is 2.54 bits per heavy atom. The van der Waals surface area contributed by atoms with Crippen LogP contribution in [0.15, 0.2) is 30.6 Å². The van der Waals surface area contributed by atoms with Gasteiger partial charge in [-0.1, -0.05) is 32.0 Å². The zero-order chi connectivity index (χ0) is 26.9. The number of rotatable bonds is 7. The molecule has 0 unspecified atom stereocenters. The van der Waals surface area contributed by atoms with Crippen LogP contribution in [0, 0.1) is 18.7 Å². The van der Waals surface area contributed by atoms with Crippen LogP contribution in [-0.4, -0.2) is 45.5 Å². The molecule has 6 nitrogen and oxygen atoms in total. The Bertz CT molecular complexity index is 1290. The molecule has 1 aromatic carbocycles. The van der Waals surface area contributed by atoms with E-state index in [1.807, 2.05) is 13.0 Å². The van der Waals surface area contributed by atoms with Gasteiger partial charge in [-0.2, -0.15) is 0 Å². The van der Waals surface area contributed by atoms with Crippen molar-refractivity contribution in [1.29, 1.82) is 0 Å². The number of aromatic nitrogens is 3. The number of aryl methyl sites for hydroxylation is 1. The van der Waals surface area contributed by atoms with Crippen molar-refractivity contribution in [2.75, 3.05) is 25.1 Å². The van der Waals surface area contributed by atoms with Crippen molar-refractivity contribution in [3.05, 3.63) is 58.8 Å².